The van der Waals surface area contributed by atoms with Crippen LogP contribution < -0.4 is 10.6 Å². The van der Waals surface area contributed by atoms with Crippen LogP contribution in [0.15, 0.2) is 18.2 Å². The van der Waals surface area contributed by atoms with Gasteiger partial charge in [0.05, 0.1) is 0 Å². The second-order valence-electron chi connectivity index (χ2n) is 6.88. The van der Waals surface area contributed by atoms with Gasteiger partial charge in [0.25, 0.3) is 5.91 Å². The van der Waals surface area contributed by atoms with Gasteiger partial charge in [0.2, 0.25) is 5.91 Å². The summed E-state index contributed by atoms with van der Waals surface area (Å²) in [5.41, 5.74) is 1.34. The fourth-order valence-corrected chi connectivity index (χ4v) is 3.26. The van der Waals surface area contributed by atoms with Gasteiger partial charge < -0.3 is 15.4 Å². The van der Waals surface area contributed by atoms with E-state index in [-0.39, 0.29) is 25.0 Å². The zero-order chi connectivity index (χ0) is 19.6. The van der Waals surface area contributed by atoms with E-state index >= 15 is 0 Å². The Morgan fingerprint density at radius 2 is 1.85 bits per heavy atom. The van der Waals surface area contributed by atoms with E-state index in [0.29, 0.717) is 23.6 Å². The molecule has 2 N–H and O–H groups in total. The molecule has 0 bridgehead atoms. The summed E-state index contributed by atoms with van der Waals surface area (Å²) in [6.45, 7) is 1.43. The number of amides is 2. The van der Waals surface area contributed by atoms with Gasteiger partial charge in [0.15, 0.2) is 6.61 Å². The number of rotatable bonds is 8. The highest BCUT2D eigenvalue weighted by Gasteiger charge is 2.16. The second kappa shape index (κ2) is 10.9. The van der Waals surface area contributed by atoms with Crippen LogP contribution >= 0.6 is 11.6 Å². The zero-order valence-electron chi connectivity index (χ0n) is 15.7. The molecule has 0 saturated heterocycles. The van der Waals surface area contributed by atoms with Crippen molar-refractivity contribution in [1.82, 2.24) is 5.32 Å². The molecule has 7 heteroatoms. The van der Waals surface area contributed by atoms with Gasteiger partial charge in [-0.15, -0.1) is 0 Å². The zero-order valence-corrected chi connectivity index (χ0v) is 16.4. The molecule has 2 rings (SSSR count). The second-order valence-corrected chi connectivity index (χ2v) is 7.28. The third-order valence-electron chi connectivity index (χ3n) is 4.66. The largest absolute Gasteiger partial charge is 0.456 e. The number of hydrogen-bond acceptors (Lipinski definition) is 4. The van der Waals surface area contributed by atoms with E-state index in [0.717, 1.165) is 31.2 Å². The maximum atomic E-state index is 11.9. The van der Waals surface area contributed by atoms with Crippen molar-refractivity contribution in [2.24, 2.45) is 0 Å². The lowest BCUT2D eigenvalue weighted by molar-refractivity contribution is -0.147. The monoisotopic (exact) mass is 394 g/mol. The first-order valence-electron chi connectivity index (χ1n) is 9.45. The summed E-state index contributed by atoms with van der Waals surface area (Å²) >= 11 is 6.00. The average molecular weight is 395 g/mol. The van der Waals surface area contributed by atoms with E-state index in [1.54, 1.807) is 25.1 Å². The quantitative estimate of drug-likeness (QED) is 0.657. The van der Waals surface area contributed by atoms with Crippen LogP contribution in [-0.2, 0) is 19.1 Å². The van der Waals surface area contributed by atoms with Crippen LogP contribution in [0, 0.1) is 6.92 Å². The molecule has 1 aliphatic rings. The number of ether oxygens (including phenoxy) is 1. The molecule has 0 spiro atoms. The minimum Gasteiger partial charge on any atom is -0.456 e. The highest BCUT2D eigenvalue weighted by atomic mass is 35.5. The lowest BCUT2D eigenvalue weighted by Gasteiger charge is -2.22. The molecule has 0 heterocycles. The molecule has 2 amide bonds. The van der Waals surface area contributed by atoms with Gasteiger partial charge in [-0.05, 0) is 43.9 Å². The topological polar surface area (TPSA) is 84.5 Å². The van der Waals surface area contributed by atoms with Gasteiger partial charge in [-0.3, -0.25) is 14.4 Å². The lowest BCUT2D eigenvalue weighted by Crippen LogP contribution is -2.36. The minimum atomic E-state index is -0.488. The van der Waals surface area contributed by atoms with Crippen molar-refractivity contribution in [1.29, 1.82) is 0 Å². The van der Waals surface area contributed by atoms with Crippen molar-refractivity contribution in [2.75, 3.05) is 11.9 Å². The molecule has 1 aromatic carbocycles. The Balaban J connectivity index is 1.60. The fourth-order valence-electron chi connectivity index (χ4n) is 3.09. The van der Waals surface area contributed by atoms with Gasteiger partial charge in [-0.1, -0.05) is 36.9 Å². The number of anilines is 1. The lowest BCUT2D eigenvalue weighted by atomic mass is 9.95. The molecule has 1 aromatic rings. The van der Waals surface area contributed by atoms with Gasteiger partial charge in [-0.25, -0.2) is 0 Å². The Labute approximate surface area is 165 Å². The van der Waals surface area contributed by atoms with Crippen molar-refractivity contribution in [3.05, 3.63) is 28.8 Å². The number of hydrogen-bond donors (Lipinski definition) is 2. The van der Waals surface area contributed by atoms with Crippen LogP contribution in [0.5, 0.6) is 0 Å². The molecule has 0 aliphatic heterocycles. The summed E-state index contributed by atoms with van der Waals surface area (Å²) in [5.74, 6) is -0.939. The van der Waals surface area contributed by atoms with Crippen molar-refractivity contribution in [3.63, 3.8) is 0 Å². The highest BCUT2D eigenvalue weighted by Crippen LogP contribution is 2.22. The van der Waals surface area contributed by atoms with Crippen molar-refractivity contribution >= 4 is 35.1 Å². The maximum absolute atomic E-state index is 11.9. The highest BCUT2D eigenvalue weighted by molar-refractivity contribution is 6.31. The number of benzene rings is 1. The minimum absolute atomic E-state index is 0.0242. The summed E-state index contributed by atoms with van der Waals surface area (Å²) in [5, 5.41) is 6.23. The maximum Gasteiger partial charge on any atom is 0.306 e. The molecule has 1 saturated carbocycles. The average Bonchev–Trinajstić information content (AvgIpc) is 2.64. The van der Waals surface area contributed by atoms with Crippen LogP contribution in [0.1, 0.15) is 56.9 Å². The van der Waals surface area contributed by atoms with Crippen LogP contribution in [-0.4, -0.2) is 30.4 Å². The first-order chi connectivity index (χ1) is 13.0. The molecule has 1 fully saturated rings. The Kier molecular flexibility index (Phi) is 8.58. The van der Waals surface area contributed by atoms with E-state index in [1.807, 2.05) is 0 Å². The molecule has 0 aromatic heterocycles. The standard InChI is InChI=1S/C20H27ClN2O4/c1-14-16(21)9-5-10-17(14)23-19(25)13-27-20(26)12-6-11-18(24)22-15-7-3-2-4-8-15/h5,9-10,15H,2-4,6-8,11-13H2,1H3,(H,22,24)(H,23,25). The summed E-state index contributed by atoms with van der Waals surface area (Å²) in [4.78, 5) is 35.5. The molecule has 148 valence electrons. The normalized spacial score (nSPS) is 14.4. The molecular weight excluding hydrogens is 368 g/mol. The smallest absolute Gasteiger partial charge is 0.306 e. The summed E-state index contributed by atoms with van der Waals surface area (Å²) in [6.07, 6.45) is 6.45. The predicted molar refractivity (Wildman–Crippen MR) is 105 cm³/mol. The van der Waals surface area contributed by atoms with Crippen molar-refractivity contribution in [2.45, 2.75) is 64.3 Å². The van der Waals surface area contributed by atoms with Crippen LogP contribution in [0.2, 0.25) is 5.02 Å². The van der Waals surface area contributed by atoms with E-state index in [9.17, 15) is 14.4 Å². The molecule has 1 aliphatic carbocycles. The predicted octanol–water partition coefficient (Wildman–Crippen LogP) is 3.75. The van der Waals surface area contributed by atoms with Crippen molar-refractivity contribution < 1.29 is 19.1 Å². The van der Waals surface area contributed by atoms with E-state index in [4.69, 9.17) is 16.3 Å². The van der Waals surface area contributed by atoms with E-state index in [1.165, 1.54) is 6.42 Å². The van der Waals surface area contributed by atoms with Crippen LogP contribution in [0.4, 0.5) is 5.69 Å². The van der Waals surface area contributed by atoms with Gasteiger partial charge in [0, 0.05) is 29.6 Å². The number of esters is 1. The molecule has 0 unspecified atom stereocenters. The molecule has 0 radical (unpaired) electrons. The van der Waals surface area contributed by atoms with Crippen LogP contribution in [0.3, 0.4) is 0 Å². The summed E-state index contributed by atoms with van der Waals surface area (Å²) in [6, 6.07) is 5.47. The Morgan fingerprint density at radius 1 is 1.11 bits per heavy atom. The summed E-state index contributed by atoms with van der Waals surface area (Å²) < 4.78 is 4.96. The number of carbonyl (C=O) groups is 3. The van der Waals surface area contributed by atoms with Gasteiger partial charge in [0.1, 0.15) is 0 Å². The van der Waals surface area contributed by atoms with Crippen LogP contribution in [0.25, 0.3) is 0 Å². The Bertz CT molecular complexity index is 672. The Hall–Kier alpha value is -2.08. The SMILES string of the molecule is Cc1c(Cl)cccc1NC(=O)COC(=O)CCCC(=O)NC1CCCCC1. The van der Waals surface area contributed by atoms with Crippen molar-refractivity contribution in [3.8, 4) is 0 Å². The third kappa shape index (κ3) is 7.59. The fraction of sp³-hybridized carbons (Fsp3) is 0.550. The first-order valence-corrected chi connectivity index (χ1v) is 9.83. The van der Waals surface area contributed by atoms with E-state index < -0.39 is 11.9 Å². The molecule has 6 nitrogen and oxygen atoms in total. The first kappa shape index (κ1) is 21.2. The number of halogens is 1. The van der Waals surface area contributed by atoms with E-state index in [2.05, 4.69) is 10.6 Å². The van der Waals surface area contributed by atoms with Gasteiger partial charge >= 0.3 is 5.97 Å². The Morgan fingerprint density at radius 3 is 2.59 bits per heavy atom. The number of nitrogens with one attached hydrogen (secondary N) is 2. The van der Waals surface area contributed by atoms with Gasteiger partial charge in [-0.2, -0.15) is 0 Å². The molecule has 0 atom stereocenters. The number of carbonyl (C=O) groups excluding carboxylic acids is 3. The third-order valence-corrected chi connectivity index (χ3v) is 5.07. The molecular formula is C20H27ClN2O4. The summed E-state index contributed by atoms with van der Waals surface area (Å²) in [7, 11) is 0. The molecule has 27 heavy (non-hydrogen) atoms.